The van der Waals surface area contributed by atoms with Gasteiger partial charge in [0.05, 0.1) is 12.5 Å². The van der Waals surface area contributed by atoms with E-state index in [0.29, 0.717) is 6.04 Å². The molecule has 1 aromatic heterocycles. The molecule has 0 aliphatic carbocycles. The van der Waals surface area contributed by atoms with Crippen LogP contribution in [0.25, 0.3) is 0 Å². The van der Waals surface area contributed by atoms with Crippen molar-refractivity contribution < 1.29 is 4.42 Å². The van der Waals surface area contributed by atoms with Crippen LogP contribution in [0.1, 0.15) is 32.8 Å². The van der Waals surface area contributed by atoms with Crippen molar-refractivity contribution in [3.05, 3.63) is 24.2 Å². The first-order valence-corrected chi connectivity index (χ1v) is 4.98. The van der Waals surface area contributed by atoms with Crippen LogP contribution < -0.4 is 5.32 Å². The molecule has 0 spiro atoms. The molecule has 1 aromatic rings. The van der Waals surface area contributed by atoms with Gasteiger partial charge in [0.2, 0.25) is 0 Å². The fourth-order valence-electron chi connectivity index (χ4n) is 1.23. The predicted molar refractivity (Wildman–Crippen MR) is 54.5 cm³/mol. The lowest BCUT2D eigenvalue weighted by molar-refractivity contribution is 0.389. The third-order valence-electron chi connectivity index (χ3n) is 2.71. The smallest absolute Gasteiger partial charge is 0.0947 e. The summed E-state index contributed by atoms with van der Waals surface area (Å²) in [5.41, 5.74) is 1.22. The van der Waals surface area contributed by atoms with Gasteiger partial charge in [0, 0.05) is 18.2 Å². The highest BCUT2D eigenvalue weighted by atomic mass is 16.3. The number of nitrogens with one attached hydrogen (secondary N) is 1. The molecule has 2 nitrogen and oxygen atoms in total. The standard InChI is InChI=1S/C11H19NO/c1-4-9(2)10(3)12-7-11-5-6-13-8-11/h5-6,8-10,12H,4,7H2,1-3H3. The average molecular weight is 181 g/mol. The van der Waals surface area contributed by atoms with E-state index in [-0.39, 0.29) is 0 Å². The Labute approximate surface area is 80.3 Å². The molecule has 0 bridgehead atoms. The third-order valence-corrected chi connectivity index (χ3v) is 2.71. The molecule has 13 heavy (non-hydrogen) atoms. The molecule has 0 aliphatic heterocycles. The fraction of sp³-hybridized carbons (Fsp3) is 0.636. The summed E-state index contributed by atoms with van der Waals surface area (Å²) in [6, 6.07) is 2.57. The van der Waals surface area contributed by atoms with E-state index in [2.05, 4.69) is 26.1 Å². The van der Waals surface area contributed by atoms with Crippen LogP contribution in [0.15, 0.2) is 23.0 Å². The summed E-state index contributed by atoms with van der Waals surface area (Å²) in [4.78, 5) is 0. The minimum atomic E-state index is 0.569. The first kappa shape index (κ1) is 10.3. The van der Waals surface area contributed by atoms with Gasteiger partial charge in [-0.2, -0.15) is 0 Å². The van der Waals surface area contributed by atoms with E-state index in [1.54, 1.807) is 12.5 Å². The average Bonchev–Trinajstić information content (AvgIpc) is 2.65. The van der Waals surface area contributed by atoms with Gasteiger partial charge in [0.1, 0.15) is 0 Å². The second-order valence-corrected chi connectivity index (χ2v) is 3.69. The maximum Gasteiger partial charge on any atom is 0.0947 e. The van der Waals surface area contributed by atoms with Gasteiger partial charge in [-0.15, -0.1) is 0 Å². The Morgan fingerprint density at radius 3 is 2.77 bits per heavy atom. The van der Waals surface area contributed by atoms with E-state index in [9.17, 15) is 0 Å². The highest BCUT2D eigenvalue weighted by Crippen LogP contribution is 2.08. The largest absolute Gasteiger partial charge is 0.472 e. The molecule has 1 N–H and O–H groups in total. The van der Waals surface area contributed by atoms with Crippen molar-refractivity contribution in [1.82, 2.24) is 5.32 Å². The molecule has 0 fully saturated rings. The Morgan fingerprint density at radius 1 is 1.46 bits per heavy atom. The van der Waals surface area contributed by atoms with E-state index in [1.165, 1.54) is 12.0 Å². The molecular weight excluding hydrogens is 162 g/mol. The molecule has 0 aliphatic rings. The first-order chi connectivity index (χ1) is 6.24. The van der Waals surface area contributed by atoms with Crippen LogP contribution in [-0.2, 0) is 6.54 Å². The van der Waals surface area contributed by atoms with Crippen LogP contribution in [0.5, 0.6) is 0 Å². The van der Waals surface area contributed by atoms with Gasteiger partial charge in [0.25, 0.3) is 0 Å². The maximum absolute atomic E-state index is 4.99. The molecule has 0 saturated carbocycles. The second kappa shape index (κ2) is 5.07. The van der Waals surface area contributed by atoms with E-state index >= 15 is 0 Å². The van der Waals surface area contributed by atoms with E-state index in [0.717, 1.165) is 12.5 Å². The predicted octanol–water partition coefficient (Wildman–Crippen LogP) is 2.80. The van der Waals surface area contributed by atoms with Crippen molar-refractivity contribution in [3.8, 4) is 0 Å². The molecule has 74 valence electrons. The molecule has 2 atom stereocenters. The Kier molecular flexibility index (Phi) is 4.03. The monoisotopic (exact) mass is 181 g/mol. The van der Waals surface area contributed by atoms with Crippen molar-refractivity contribution in [2.45, 2.75) is 39.8 Å². The topological polar surface area (TPSA) is 25.2 Å². The first-order valence-electron chi connectivity index (χ1n) is 4.98. The summed E-state index contributed by atoms with van der Waals surface area (Å²) < 4.78 is 4.99. The van der Waals surface area contributed by atoms with Crippen molar-refractivity contribution in [2.75, 3.05) is 0 Å². The Balaban J connectivity index is 2.26. The van der Waals surface area contributed by atoms with Gasteiger partial charge in [0.15, 0.2) is 0 Å². The molecule has 0 saturated heterocycles. The minimum Gasteiger partial charge on any atom is -0.472 e. The van der Waals surface area contributed by atoms with Crippen LogP contribution in [0, 0.1) is 5.92 Å². The summed E-state index contributed by atoms with van der Waals surface area (Å²) >= 11 is 0. The molecule has 1 heterocycles. The highest BCUT2D eigenvalue weighted by Gasteiger charge is 2.08. The molecule has 0 radical (unpaired) electrons. The SMILES string of the molecule is CCC(C)C(C)NCc1ccoc1. The summed E-state index contributed by atoms with van der Waals surface area (Å²) in [6.07, 6.45) is 4.72. The van der Waals surface area contributed by atoms with Gasteiger partial charge >= 0.3 is 0 Å². The Hall–Kier alpha value is -0.760. The van der Waals surface area contributed by atoms with Crippen molar-refractivity contribution in [2.24, 2.45) is 5.92 Å². The fourth-order valence-corrected chi connectivity index (χ4v) is 1.23. The van der Waals surface area contributed by atoms with Gasteiger partial charge in [-0.3, -0.25) is 0 Å². The lowest BCUT2D eigenvalue weighted by atomic mass is 10.0. The zero-order valence-corrected chi connectivity index (χ0v) is 8.71. The normalized spacial score (nSPS) is 15.6. The van der Waals surface area contributed by atoms with Crippen molar-refractivity contribution >= 4 is 0 Å². The molecular formula is C11H19NO. The lowest BCUT2D eigenvalue weighted by Crippen LogP contribution is -2.31. The summed E-state index contributed by atoms with van der Waals surface area (Å²) in [7, 11) is 0. The highest BCUT2D eigenvalue weighted by molar-refractivity contribution is 5.04. The molecule has 0 amide bonds. The third kappa shape index (κ3) is 3.23. The maximum atomic E-state index is 4.99. The van der Waals surface area contributed by atoms with Crippen molar-refractivity contribution in [3.63, 3.8) is 0 Å². The van der Waals surface area contributed by atoms with Gasteiger partial charge in [-0.1, -0.05) is 20.3 Å². The number of furan rings is 1. The molecule has 2 heteroatoms. The summed E-state index contributed by atoms with van der Waals surface area (Å²) in [6.45, 7) is 7.63. The zero-order chi connectivity index (χ0) is 9.68. The van der Waals surface area contributed by atoms with E-state index in [4.69, 9.17) is 4.42 Å². The van der Waals surface area contributed by atoms with Crippen LogP contribution in [0.4, 0.5) is 0 Å². The number of rotatable bonds is 5. The van der Waals surface area contributed by atoms with Gasteiger partial charge in [-0.05, 0) is 18.9 Å². The van der Waals surface area contributed by atoms with Crippen LogP contribution in [-0.4, -0.2) is 6.04 Å². The van der Waals surface area contributed by atoms with Crippen LogP contribution in [0.3, 0.4) is 0 Å². The summed E-state index contributed by atoms with van der Waals surface area (Å²) in [5.74, 6) is 0.729. The quantitative estimate of drug-likeness (QED) is 0.755. The van der Waals surface area contributed by atoms with Crippen molar-refractivity contribution in [1.29, 1.82) is 0 Å². The van der Waals surface area contributed by atoms with E-state index < -0.39 is 0 Å². The molecule has 2 unspecified atom stereocenters. The summed E-state index contributed by atoms with van der Waals surface area (Å²) in [5, 5.41) is 3.48. The zero-order valence-electron chi connectivity index (χ0n) is 8.71. The Morgan fingerprint density at radius 2 is 2.23 bits per heavy atom. The second-order valence-electron chi connectivity index (χ2n) is 3.69. The van der Waals surface area contributed by atoms with E-state index in [1.807, 2.05) is 6.07 Å². The molecule has 1 rings (SSSR count). The minimum absolute atomic E-state index is 0.569. The Bertz CT molecular complexity index is 218. The van der Waals surface area contributed by atoms with Gasteiger partial charge in [-0.25, -0.2) is 0 Å². The number of hydrogen-bond acceptors (Lipinski definition) is 2. The van der Waals surface area contributed by atoms with Crippen LogP contribution >= 0.6 is 0 Å². The lowest BCUT2D eigenvalue weighted by Gasteiger charge is -2.19. The van der Waals surface area contributed by atoms with Crippen LogP contribution in [0.2, 0.25) is 0 Å². The number of hydrogen-bond donors (Lipinski definition) is 1. The molecule has 0 aromatic carbocycles. The van der Waals surface area contributed by atoms with Gasteiger partial charge < -0.3 is 9.73 Å².